The van der Waals surface area contributed by atoms with Crippen LogP contribution in [0.3, 0.4) is 0 Å². The Morgan fingerprint density at radius 2 is 1.78 bits per heavy atom. The summed E-state index contributed by atoms with van der Waals surface area (Å²) in [6.45, 7) is 1.13. The molecule has 184 valence electrons. The third kappa shape index (κ3) is 4.83. The van der Waals surface area contributed by atoms with Gasteiger partial charge in [-0.25, -0.2) is 0 Å². The number of ether oxygens (including phenoxy) is 2. The van der Waals surface area contributed by atoms with E-state index >= 15 is 4.39 Å². The van der Waals surface area contributed by atoms with Crippen molar-refractivity contribution in [2.75, 3.05) is 20.3 Å². The van der Waals surface area contributed by atoms with E-state index in [0.717, 1.165) is 19.1 Å². The number of nitrogens with zero attached hydrogens (tertiary/aromatic N) is 2. The summed E-state index contributed by atoms with van der Waals surface area (Å²) in [5.41, 5.74) is 1.76. The molecule has 2 aromatic carbocycles. The van der Waals surface area contributed by atoms with Crippen molar-refractivity contribution in [3.05, 3.63) is 77.9 Å². The van der Waals surface area contributed by atoms with Gasteiger partial charge in [0.15, 0.2) is 0 Å². The zero-order chi connectivity index (χ0) is 25.9. The van der Waals surface area contributed by atoms with E-state index in [1.807, 2.05) is 6.08 Å². The number of benzene rings is 2. The summed E-state index contributed by atoms with van der Waals surface area (Å²) < 4.78 is 44.8. The van der Waals surface area contributed by atoms with Crippen LogP contribution in [0.15, 0.2) is 54.9 Å². The molecule has 0 spiro atoms. The third-order valence-corrected chi connectivity index (χ3v) is 15.6. The number of hydrogen-bond donors (Lipinski definition) is 1. The zero-order valence-corrected chi connectivity index (χ0v) is 22.0. The number of aldehydes is 1. The Morgan fingerprint density at radius 1 is 1.08 bits per heavy atom. The van der Waals surface area contributed by atoms with Crippen molar-refractivity contribution in [2.24, 2.45) is 3.96 Å². The number of esters is 1. The Hall–Kier alpha value is -3.35. The van der Waals surface area contributed by atoms with Crippen molar-refractivity contribution in [1.29, 1.82) is 0 Å². The molecular weight excluding hydrogens is 579 g/mol. The average Bonchev–Trinajstić information content (AvgIpc) is 2.93. The summed E-state index contributed by atoms with van der Waals surface area (Å²) in [5, 5.41) is 0. The van der Waals surface area contributed by atoms with Gasteiger partial charge in [0.25, 0.3) is 0 Å². The standard InChI is InChI=1S/C15H13N2O.C8H5F2O2.C2HO2.H2N.Sn/c1-2-4-12(5-3-1)14-10-16-15(17-11-14)13-6-8-18-9-7-13;1-12-8(11)6-4-5(9)2-3-7(6)10;3-1-2-4;;/h2-6,10-11H,7-9H2;3-4H,1H3;1H;1H2;/q;;;-1;+1. The number of halogens is 2. The molecule has 0 radical (unpaired) electrons. The van der Waals surface area contributed by atoms with Crippen LogP contribution in [0.2, 0.25) is 0 Å². The fraction of sp³-hybridized carbons (Fsp3) is 0.160. The summed E-state index contributed by atoms with van der Waals surface area (Å²) in [5.74, 6) is -2.62. The first kappa shape index (κ1) is 25.7. The molecule has 36 heavy (non-hydrogen) atoms. The Bertz CT molecular complexity index is 1360. The van der Waals surface area contributed by atoms with Gasteiger partial charge in [-0.3, -0.25) is 0 Å². The van der Waals surface area contributed by atoms with Gasteiger partial charge in [-0.05, 0) is 0 Å². The van der Waals surface area contributed by atoms with E-state index < -0.39 is 49.2 Å². The number of carbonyl (C=O) groups excluding carboxylic acids is 3. The molecule has 2 heterocycles. The maximum atomic E-state index is 15.0. The third-order valence-electron chi connectivity index (χ3n) is 5.96. The molecule has 11 heteroatoms. The summed E-state index contributed by atoms with van der Waals surface area (Å²) in [7, 11) is 1.03. The first-order valence-electron chi connectivity index (χ1n) is 10.9. The van der Waals surface area contributed by atoms with Gasteiger partial charge in [0.2, 0.25) is 0 Å². The molecule has 0 saturated carbocycles. The van der Waals surface area contributed by atoms with Gasteiger partial charge in [-0.1, -0.05) is 0 Å². The Labute approximate surface area is 209 Å². The molecule has 1 aromatic heterocycles. The van der Waals surface area contributed by atoms with E-state index in [2.05, 4.69) is 14.7 Å². The minimum atomic E-state index is -5.20. The Morgan fingerprint density at radius 3 is 2.36 bits per heavy atom. The molecule has 3 aromatic rings. The van der Waals surface area contributed by atoms with Crippen LogP contribution in [-0.2, 0) is 19.1 Å². The van der Waals surface area contributed by atoms with Crippen LogP contribution in [-0.4, -0.2) is 65.0 Å². The van der Waals surface area contributed by atoms with Gasteiger partial charge < -0.3 is 0 Å². The number of methoxy groups -OCH3 is 1. The normalized spacial score (nSPS) is 14.9. The van der Waals surface area contributed by atoms with Crippen LogP contribution in [0.5, 0.6) is 0 Å². The summed E-state index contributed by atoms with van der Waals surface area (Å²) in [4.78, 5) is 44.7. The number of rotatable bonds is 7. The topological polar surface area (TPSA) is 121 Å². The van der Waals surface area contributed by atoms with Crippen LogP contribution < -0.4 is 11.1 Å². The molecule has 0 fully saturated rings. The fourth-order valence-corrected chi connectivity index (χ4v) is 11.2. The van der Waals surface area contributed by atoms with Crippen molar-refractivity contribution in [3.63, 3.8) is 0 Å². The second kappa shape index (κ2) is 10.7. The predicted molar refractivity (Wildman–Crippen MR) is 129 cm³/mol. The summed E-state index contributed by atoms with van der Waals surface area (Å²) >= 11 is -5.20. The molecule has 1 aliphatic heterocycles. The monoisotopic (exact) mass is 601 g/mol. The van der Waals surface area contributed by atoms with E-state index in [1.54, 1.807) is 24.5 Å². The molecule has 8 nitrogen and oxygen atoms in total. The summed E-state index contributed by atoms with van der Waals surface area (Å²) in [6, 6.07) is 7.68. The molecule has 1 unspecified atom stereocenters. The van der Waals surface area contributed by atoms with Gasteiger partial charge in [0, 0.05) is 0 Å². The van der Waals surface area contributed by atoms with Gasteiger partial charge in [0.1, 0.15) is 0 Å². The molecular formula is C25H21F2N3O5Sn. The van der Waals surface area contributed by atoms with E-state index in [-0.39, 0.29) is 9.87 Å². The predicted octanol–water partition coefficient (Wildman–Crippen LogP) is 1.34. The number of hydrogen-bond acceptors (Lipinski definition) is 8. The van der Waals surface area contributed by atoms with Crippen LogP contribution in [0.4, 0.5) is 8.78 Å². The van der Waals surface area contributed by atoms with Gasteiger partial charge >= 0.3 is 210 Å². The quantitative estimate of drug-likeness (QED) is 0.187. The first-order chi connectivity index (χ1) is 17.3. The Balaban J connectivity index is 1.70. The molecule has 0 amide bonds. The second-order valence-electron chi connectivity index (χ2n) is 8.02. The minimum absolute atomic E-state index is 0.0348. The number of nitrogens with two attached hydrogens (primary N) is 1. The SMILES string of the molecule is COC(=O)c1cc(F)[c]([Sn]([NH2])([C](=O)C=O)[c]2ccc(-c3cnc(C4=CCOCC4)nc3)cc2)cc1F. The number of aromatic nitrogens is 2. The zero-order valence-electron chi connectivity index (χ0n) is 19.2. The van der Waals surface area contributed by atoms with Gasteiger partial charge in [-0.2, -0.15) is 0 Å². The van der Waals surface area contributed by atoms with E-state index in [0.29, 0.717) is 42.3 Å². The fourth-order valence-electron chi connectivity index (χ4n) is 3.94. The van der Waals surface area contributed by atoms with Crippen molar-refractivity contribution in [1.82, 2.24) is 9.97 Å². The molecule has 0 aliphatic carbocycles. The van der Waals surface area contributed by atoms with Crippen molar-refractivity contribution >= 4 is 47.4 Å². The van der Waals surface area contributed by atoms with Crippen LogP contribution in [0, 0.1) is 11.6 Å². The Kier molecular flexibility index (Phi) is 7.67. The summed E-state index contributed by atoms with van der Waals surface area (Å²) in [6.07, 6.45) is 6.01. The van der Waals surface area contributed by atoms with E-state index in [9.17, 15) is 18.8 Å². The van der Waals surface area contributed by atoms with Crippen LogP contribution >= 0.6 is 0 Å². The van der Waals surface area contributed by atoms with Gasteiger partial charge in [-0.15, -0.1) is 0 Å². The average molecular weight is 600 g/mol. The van der Waals surface area contributed by atoms with Crippen molar-refractivity contribution in [2.45, 2.75) is 6.42 Å². The number of carbonyl (C=O) groups is 3. The molecule has 2 N–H and O–H groups in total. The van der Waals surface area contributed by atoms with Crippen molar-refractivity contribution in [3.8, 4) is 11.1 Å². The first-order valence-corrected chi connectivity index (χ1v) is 16.8. The van der Waals surface area contributed by atoms with Crippen LogP contribution in [0.25, 0.3) is 16.7 Å². The van der Waals surface area contributed by atoms with Gasteiger partial charge in [0.05, 0.1) is 0 Å². The molecule has 0 bridgehead atoms. The molecule has 1 aliphatic rings. The molecule has 4 rings (SSSR count). The second-order valence-corrected chi connectivity index (χ2v) is 17.2. The molecule has 1 atom stereocenters. The van der Waals surface area contributed by atoms with E-state index in [4.69, 9.17) is 8.69 Å². The maximum absolute atomic E-state index is 15.0. The van der Waals surface area contributed by atoms with Crippen LogP contribution in [0.1, 0.15) is 22.6 Å². The van der Waals surface area contributed by atoms with E-state index in [1.165, 1.54) is 12.1 Å². The van der Waals surface area contributed by atoms with Crippen molar-refractivity contribution < 1.29 is 32.6 Å². The molecule has 0 saturated heterocycles.